The molecular formula is C16H17F3N4O2. The summed E-state index contributed by atoms with van der Waals surface area (Å²) in [6, 6.07) is 6.28. The van der Waals surface area contributed by atoms with Gasteiger partial charge in [0.2, 0.25) is 5.88 Å². The molecule has 2 aromatic rings. The minimum absolute atomic E-state index is 0.124. The standard InChI is InChI=1S/C16H17F3N4O2/c1-23(2)13-4-3-12(9-21-13)15(24)22-8-11-5-6-20-14(7-11)25-10-16(17,18)19/h3-7,9H,8,10H2,1-2H3,(H,22,24). The Kier molecular flexibility index (Phi) is 5.79. The Hall–Kier alpha value is -2.84. The van der Waals surface area contributed by atoms with Crippen molar-refractivity contribution < 1.29 is 22.7 Å². The van der Waals surface area contributed by atoms with Crippen LogP contribution in [0, 0.1) is 0 Å². The van der Waals surface area contributed by atoms with Crippen LogP contribution in [0.5, 0.6) is 5.88 Å². The van der Waals surface area contributed by atoms with Crippen LogP contribution in [0.4, 0.5) is 19.0 Å². The third-order valence-electron chi connectivity index (χ3n) is 3.10. The molecule has 0 saturated carbocycles. The van der Waals surface area contributed by atoms with Gasteiger partial charge in [0, 0.05) is 39.1 Å². The van der Waals surface area contributed by atoms with Crippen molar-refractivity contribution >= 4 is 11.7 Å². The van der Waals surface area contributed by atoms with Crippen LogP contribution in [0.3, 0.4) is 0 Å². The number of nitrogens with one attached hydrogen (secondary N) is 1. The monoisotopic (exact) mass is 354 g/mol. The van der Waals surface area contributed by atoms with Gasteiger partial charge >= 0.3 is 6.18 Å². The Morgan fingerprint density at radius 3 is 2.60 bits per heavy atom. The Labute approximate surface area is 142 Å². The van der Waals surface area contributed by atoms with Crippen molar-refractivity contribution in [2.75, 3.05) is 25.6 Å². The lowest BCUT2D eigenvalue weighted by Gasteiger charge is -2.11. The second-order valence-electron chi connectivity index (χ2n) is 5.39. The number of halogens is 3. The summed E-state index contributed by atoms with van der Waals surface area (Å²) in [5.41, 5.74) is 0.951. The topological polar surface area (TPSA) is 67.4 Å². The van der Waals surface area contributed by atoms with Gasteiger partial charge in [0.05, 0.1) is 5.56 Å². The molecule has 1 amide bonds. The number of amides is 1. The van der Waals surface area contributed by atoms with Crippen LogP contribution in [0.15, 0.2) is 36.7 Å². The summed E-state index contributed by atoms with van der Waals surface area (Å²) in [5, 5.41) is 2.67. The Morgan fingerprint density at radius 1 is 1.24 bits per heavy atom. The Morgan fingerprint density at radius 2 is 2.00 bits per heavy atom. The summed E-state index contributed by atoms with van der Waals surface area (Å²) in [6.45, 7) is -1.29. The fraction of sp³-hybridized carbons (Fsp3) is 0.312. The van der Waals surface area contributed by atoms with E-state index in [1.165, 1.54) is 18.5 Å². The van der Waals surface area contributed by atoms with Crippen molar-refractivity contribution in [1.82, 2.24) is 15.3 Å². The van der Waals surface area contributed by atoms with Crippen LogP contribution in [0.1, 0.15) is 15.9 Å². The molecule has 1 N–H and O–H groups in total. The molecule has 134 valence electrons. The zero-order chi connectivity index (χ0) is 18.4. The molecule has 25 heavy (non-hydrogen) atoms. The molecule has 0 spiro atoms. The summed E-state index contributed by atoms with van der Waals surface area (Å²) >= 11 is 0. The van der Waals surface area contributed by atoms with Crippen molar-refractivity contribution in [2.24, 2.45) is 0 Å². The summed E-state index contributed by atoms with van der Waals surface area (Å²) < 4.78 is 41.0. The van der Waals surface area contributed by atoms with E-state index in [2.05, 4.69) is 20.0 Å². The van der Waals surface area contributed by atoms with Crippen molar-refractivity contribution in [3.63, 3.8) is 0 Å². The molecule has 2 aromatic heterocycles. The Balaban J connectivity index is 1.93. The fourth-order valence-electron chi connectivity index (χ4n) is 1.86. The Bertz CT molecular complexity index is 718. The van der Waals surface area contributed by atoms with E-state index in [0.717, 1.165) is 5.82 Å². The van der Waals surface area contributed by atoms with Crippen LogP contribution in [0.2, 0.25) is 0 Å². The summed E-state index contributed by atoms with van der Waals surface area (Å²) in [7, 11) is 3.67. The van der Waals surface area contributed by atoms with E-state index in [4.69, 9.17) is 0 Å². The second kappa shape index (κ2) is 7.82. The molecule has 0 aliphatic heterocycles. The molecule has 0 bridgehead atoms. The number of hydrogen-bond acceptors (Lipinski definition) is 5. The number of ether oxygens (including phenoxy) is 1. The average Bonchev–Trinajstić information content (AvgIpc) is 2.58. The first kappa shape index (κ1) is 18.5. The highest BCUT2D eigenvalue weighted by molar-refractivity contribution is 5.94. The average molecular weight is 354 g/mol. The van der Waals surface area contributed by atoms with Crippen LogP contribution in [0.25, 0.3) is 0 Å². The van der Waals surface area contributed by atoms with E-state index in [1.54, 1.807) is 23.1 Å². The first-order valence-electron chi connectivity index (χ1n) is 7.30. The van der Waals surface area contributed by atoms with Gasteiger partial charge < -0.3 is 15.0 Å². The molecular weight excluding hydrogens is 337 g/mol. The number of aromatic nitrogens is 2. The maximum atomic E-state index is 12.1. The molecule has 0 radical (unpaired) electrons. The van der Waals surface area contributed by atoms with Crippen LogP contribution in [-0.4, -0.2) is 42.8 Å². The third kappa shape index (κ3) is 5.94. The van der Waals surface area contributed by atoms with Crippen molar-refractivity contribution in [3.05, 3.63) is 47.8 Å². The maximum absolute atomic E-state index is 12.1. The van der Waals surface area contributed by atoms with Gasteiger partial charge in [-0.3, -0.25) is 4.79 Å². The first-order chi connectivity index (χ1) is 11.7. The number of rotatable bonds is 6. The van der Waals surface area contributed by atoms with Crippen molar-refractivity contribution in [1.29, 1.82) is 0 Å². The SMILES string of the molecule is CN(C)c1ccc(C(=O)NCc2ccnc(OCC(F)(F)F)c2)cn1. The predicted molar refractivity (Wildman–Crippen MR) is 85.5 cm³/mol. The van der Waals surface area contributed by atoms with Crippen LogP contribution < -0.4 is 15.0 Å². The fourth-order valence-corrected chi connectivity index (χ4v) is 1.86. The quantitative estimate of drug-likeness (QED) is 0.863. The van der Waals surface area contributed by atoms with Gasteiger partial charge in [-0.05, 0) is 23.8 Å². The molecule has 0 aromatic carbocycles. The minimum Gasteiger partial charge on any atom is -0.468 e. The third-order valence-corrected chi connectivity index (χ3v) is 3.10. The number of pyridine rings is 2. The number of nitrogens with zero attached hydrogens (tertiary/aromatic N) is 3. The van der Waals surface area contributed by atoms with Gasteiger partial charge in [0.25, 0.3) is 5.91 Å². The molecule has 0 atom stereocenters. The van der Waals surface area contributed by atoms with Gasteiger partial charge in [0.15, 0.2) is 6.61 Å². The normalized spacial score (nSPS) is 11.1. The van der Waals surface area contributed by atoms with Gasteiger partial charge in [-0.1, -0.05) is 0 Å². The highest BCUT2D eigenvalue weighted by Crippen LogP contribution is 2.17. The van der Waals surface area contributed by atoms with E-state index in [-0.39, 0.29) is 18.3 Å². The van der Waals surface area contributed by atoms with E-state index >= 15 is 0 Å². The van der Waals surface area contributed by atoms with E-state index in [1.807, 2.05) is 14.1 Å². The minimum atomic E-state index is -4.43. The number of carbonyl (C=O) groups is 1. The largest absolute Gasteiger partial charge is 0.468 e. The van der Waals surface area contributed by atoms with Crippen molar-refractivity contribution in [3.8, 4) is 5.88 Å². The number of hydrogen-bond donors (Lipinski definition) is 1. The van der Waals surface area contributed by atoms with Gasteiger partial charge in [0.1, 0.15) is 5.82 Å². The molecule has 0 fully saturated rings. The lowest BCUT2D eigenvalue weighted by molar-refractivity contribution is -0.154. The molecule has 0 aliphatic rings. The highest BCUT2D eigenvalue weighted by atomic mass is 19.4. The number of carbonyl (C=O) groups excluding carboxylic acids is 1. The van der Waals surface area contributed by atoms with E-state index in [0.29, 0.717) is 11.1 Å². The van der Waals surface area contributed by atoms with Crippen LogP contribution in [-0.2, 0) is 6.54 Å². The smallest absolute Gasteiger partial charge is 0.422 e. The molecule has 6 nitrogen and oxygen atoms in total. The zero-order valence-electron chi connectivity index (χ0n) is 13.7. The van der Waals surface area contributed by atoms with Crippen LogP contribution >= 0.6 is 0 Å². The number of anilines is 1. The summed E-state index contributed by atoms with van der Waals surface area (Å²) in [4.78, 5) is 21.7. The maximum Gasteiger partial charge on any atom is 0.422 e. The molecule has 0 saturated heterocycles. The lowest BCUT2D eigenvalue weighted by Crippen LogP contribution is -2.23. The molecule has 0 aliphatic carbocycles. The molecule has 2 heterocycles. The van der Waals surface area contributed by atoms with Crippen molar-refractivity contribution in [2.45, 2.75) is 12.7 Å². The summed E-state index contributed by atoms with van der Waals surface area (Å²) in [5.74, 6) is 0.227. The summed E-state index contributed by atoms with van der Waals surface area (Å²) in [6.07, 6.45) is -1.66. The first-order valence-corrected chi connectivity index (χ1v) is 7.30. The zero-order valence-corrected chi connectivity index (χ0v) is 13.7. The lowest BCUT2D eigenvalue weighted by atomic mass is 10.2. The highest BCUT2D eigenvalue weighted by Gasteiger charge is 2.28. The second-order valence-corrected chi connectivity index (χ2v) is 5.39. The van der Waals surface area contributed by atoms with E-state index < -0.39 is 12.8 Å². The predicted octanol–water partition coefficient (Wildman–Crippen LogP) is 2.41. The van der Waals surface area contributed by atoms with Gasteiger partial charge in [-0.15, -0.1) is 0 Å². The van der Waals surface area contributed by atoms with Gasteiger partial charge in [-0.2, -0.15) is 13.2 Å². The molecule has 2 rings (SSSR count). The number of alkyl halides is 3. The van der Waals surface area contributed by atoms with Gasteiger partial charge in [-0.25, -0.2) is 9.97 Å². The van der Waals surface area contributed by atoms with E-state index in [9.17, 15) is 18.0 Å². The molecule has 0 unspecified atom stereocenters. The molecule has 9 heteroatoms.